The number of carbonyl (C=O) groups excluding carboxylic acids is 1. The molecule has 20 heavy (non-hydrogen) atoms. The zero-order valence-corrected chi connectivity index (χ0v) is 13.1. The van der Waals surface area contributed by atoms with E-state index in [2.05, 4.69) is 15.9 Å². The van der Waals surface area contributed by atoms with E-state index in [1.807, 2.05) is 43.3 Å². The topological polar surface area (TPSA) is 46.3 Å². The number of nitrogens with two attached hydrogens (primary N) is 1. The minimum absolute atomic E-state index is 0.0226. The molecule has 2 aromatic rings. The van der Waals surface area contributed by atoms with E-state index >= 15 is 0 Å². The molecule has 2 aromatic carbocycles. The van der Waals surface area contributed by atoms with Crippen molar-refractivity contribution in [3.63, 3.8) is 0 Å². The van der Waals surface area contributed by atoms with Crippen molar-refractivity contribution in [2.75, 3.05) is 12.8 Å². The Kier molecular flexibility index (Phi) is 4.45. The van der Waals surface area contributed by atoms with Crippen LogP contribution in [0.5, 0.6) is 0 Å². The third kappa shape index (κ3) is 3.02. The van der Waals surface area contributed by atoms with E-state index in [1.165, 1.54) is 0 Å². The lowest BCUT2D eigenvalue weighted by atomic mass is 10.1. The van der Waals surface area contributed by atoms with Crippen molar-refractivity contribution in [3.05, 3.63) is 63.6 Å². The molecule has 0 unspecified atom stereocenters. The molecular weight excluding hydrogens is 316 g/mol. The summed E-state index contributed by atoms with van der Waals surface area (Å²) in [6.45, 7) is 2.42. The summed E-state index contributed by atoms with van der Waals surface area (Å²) in [4.78, 5) is 14.2. The number of rotatable bonds is 3. The van der Waals surface area contributed by atoms with Gasteiger partial charge < -0.3 is 10.6 Å². The zero-order valence-electron chi connectivity index (χ0n) is 11.6. The van der Waals surface area contributed by atoms with Crippen LogP contribution in [-0.4, -0.2) is 17.9 Å². The first-order valence-electron chi connectivity index (χ1n) is 6.34. The maximum atomic E-state index is 12.5. The molecule has 4 heteroatoms. The first-order chi connectivity index (χ1) is 9.50. The highest BCUT2D eigenvalue weighted by Crippen LogP contribution is 2.20. The number of carbonyl (C=O) groups is 1. The average Bonchev–Trinajstić information content (AvgIpc) is 2.43. The summed E-state index contributed by atoms with van der Waals surface area (Å²) in [5, 5.41) is 0. The minimum atomic E-state index is -0.0226. The standard InChI is InChI=1S/C16H17BrN2O/c1-11-13(7-5-9-15(11)18)16(20)19(2)10-12-6-3-4-8-14(12)17/h3-9H,10,18H2,1-2H3. The Morgan fingerprint density at radius 1 is 1.20 bits per heavy atom. The molecule has 0 spiro atoms. The summed E-state index contributed by atoms with van der Waals surface area (Å²) < 4.78 is 1.00. The van der Waals surface area contributed by atoms with Gasteiger partial charge in [0.2, 0.25) is 0 Å². The third-order valence-corrected chi connectivity index (χ3v) is 4.09. The molecule has 2 rings (SSSR count). The predicted octanol–water partition coefficient (Wildman–Crippen LogP) is 3.61. The number of benzene rings is 2. The van der Waals surface area contributed by atoms with E-state index in [-0.39, 0.29) is 5.91 Å². The third-order valence-electron chi connectivity index (χ3n) is 3.32. The molecule has 0 fully saturated rings. The van der Waals surface area contributed by atoms with E-state index in [9.17, 15) is 4.79 Å². The first kappa shape index (κ1) is 14.6. The summed E-state index contributed by atoms with van der Waals surface area (Å²) in [6.07, 6.45) is 0. The highest BCUT2D eigenvalue weighted by Gasteiger charge is 2.16. The molecule has 0 aliphatic rings. The van der Waals surface area contributed by atoms with E-state index in [4.69, 9.17) is 5.73 Å². The van der Waals surface area contributed by atoms with Gasteiger partial charge in [0.1, 0.15) is 0 Å². The molecule has 0 bridgehead atoms. The normalized spacial score (nSPS) is 10.3. The lowest BCUT2D eigenvalue weighted by molar-refractivity contribution is 0.0784. The second kappa shape index (κ2) is 6.09. The zero-order chi connectivity index (χ0) is 14.7. The van der Waals surface area contributed by atoms with Crippen LogP contribution in [0.25, 0.3) is 0 Å². The van der Waals surface area contributed by atoms with Crippen molar-refractivity contribution in [2.45, 2.75) is 13.5 Å². The van der Waals surface area contributed by atoms with Crippen LogP contribution in [0, 0.1) is 6.92 Å². The van der Waals surface area contributed by atoms with Crippen molar-refractivity contribution in [3.8, 4) is 0 Å². The fourth-order valence-electron chi connectivity index (χ4n) is 2.04. The van der Waals surface area contributed by atoms with Crippen LogP contribution in [0.15, 0.2) is 46.9 Å². The molecular formula is C16H17BrN2O. The molecule has 0 heterocycles. The fourth-order valence-corrected chi connectivity index (χ4v) is 2.45. The van der Waals surface area contributed by atoms with Gasteiger partial charge in [0.25, 0.3) is 5.91 Å². The second-order valence-corrected chi connectivity index (χ2v) is 5.63. The Morgan fingerprint density at radius 2 is 1.90 bits per heavy atom. The molecule has 104 valence electrons. The number of amides is 1. The predicted molar refractivity (Wildman–Crippen MR) is 85.5 cm³/mol. The van der Waals surface area contributed by atoms with Gasteiger partial charge in [0.05, 0.1) is 0 Å². The molecule has 1 amide bonds. The van der Waals surface area contributed by atoms with E-state index < -0.39 is 0 Å². The fraction of sp³-hybridized carbons (Fsp3) is 0.188. The van der Waals surface area contributed by atoms with Crippen LogP contribution in [0.4, 0.5) is 5.69 Å². The number of hydrogen-bond acceptors (Lipinski definition) is 2. The summed E-state index contributed by atoms with van der Waals surface area (Å²) in [5.41, 5.74) is 9.06. The minimum Gasteiger partial charge on any atom is -0.398 e. The Hall–Kier alpha value is -1.81. The van der Waals surface area contributed by atoms with Crippen molar-refractivity contribution in [1.29, 1.82) is 0 Å². The summed E-state index contributed by atoms with van der Waals surface area (Å²) >= 11 is 3.50. The van der Waals surface area contributed by atoms with Gasteiger partial charge in [-0.2, -0.15) is 0 Å². The van der Waals surface area contributed by atoms with Gasteiger partial charge in [0, 0.05) is 29.3 Å². The first-order valence-corrected chi connectivity index (χ1v) is 7.14. The van der Waals surface area contributed by atoms with Crippen molar-refractivity contribution >= 4 is 27.5 Å². The molecule has 3 nitrogen and oxygen atoms in total. The quantitative estimate of drug-likeness (QED) is 0.872. The van der Waals surface area contributed by atoms with Crippen LogP contribution in [0.3, 0.4) is 0 Å². The van der Waals surface area contributed by atoms with Gasteiger partial charge in [-0.05, 0) is 36.2 Å². The van der Waals surface area contributed by atoms with Gasteiger partial charge in [-0.3, -0.25) is 4.79 Å². The summed E-state index contributed by atoms with van der Waals surface area (Å²) in [7, 11) is 1.80. The van der Waals surface area contributed by atoms with Crippen LogP contribution < -0.4 is 5.73 Å². The van der Waals surface area contributed by atoms with Gasteiger partial charge >= 0.3 is 0 Å². The molecule has 0 atom stereocenters. The molecule has 0 aromatic heterocycles. The van der Waals surface area contributed by atoms with E-state index in [0.29, 0.717) is 17.8 Å². The van der Waals surface area contributed by atoms with Crippen LogP contribution in [0.2, 0.25) is 0 Å². The largest absolute Gasteiger partial charge is 0.398 e. The summed E-state index contributed by atoms with van der Waals surface area (Å²) in [5.74, 6) is -0.0226. The van der Waals surface area contributed by atoms with Crippen LogP contribution >= 0.6 is 15.9 Å². The lowest BCUT2D eigenvalue weighted by Gasteiger charge is -2.19. The second-order valence-electron chi connectivity index (χ2n) is 4.77. The van der Waals surface area contributed by atoms with Gasteiger partial charge in [-0.25, -0.2) is 0 Å². The Labute approximate surface area is 127 Å². The molecule has 0 saturated heterocycles. The van der Waals surface area contributed by atoms with Crippen molar-refractivity contribution in [1.82, 2.24) is 4.90 Å². The number of nitrogen functional groups attached to an aromatic ring is 1. The molecule has 0 radical (unpaired) electrons. The van der Waals surface area contributed by atoms with Gasteiger partial charge in [-0.15, -0.1) is 0 Å². The lowest BCUT2D eigenvalue weighted by Crippen LogP contribution is -2.27. The van der Waals surface area contributed by atoms with Gasteiger partial charge in [-0.1, -0.05) is 40.2 Å². The maximum Gasteiger partial charge on any atom is 0.254 e. The molecule has 0 aliphatic heterocycles. The van der Waals surface area contributed by atoms with Crippen molar-refractivity contribution in [2.24, 2.45) is 0 Å². The molecule has 2 N–H and O–H groups in total. The molecule has 0 saturated carbocycles. The Morgan fingerprint density at radius 3 is 2.60 bits per heavy atom. The van der Waals surface area contributed by atoms with Gasteiger partial charge in [0.15, 0.2) is 0 Å². The SMILES string of the molecule is Cc1c(N)cccc1C(=O)N(C)Cc1ccccc1Br. The average molecular weight is 333 g/mol. The number of nitrogens with zero attached hydrogens (tertiary/aromatic N) is 1. The van der Waals surface area contributed by atoms with Crippen molar-refractivity contribution < 1.29 is 4.79 Å². The maximum absolute atomic E-state index is 12.5. The molecule has 0 aliphatic carbocycles. The number of hydrogen-bond donors (Lipinski definition) is 1. The van der Waals surface area contributed by atoms with E-state index in [0.717, 1.165) is 15.6 Å². The Balaban J connectivity index is 2.21. The smallest absolute Gasteiger partial charge is 0.254 e. The number of anilines is 1. The van der Waals surface area contributed by atoms with Crippen LogP contribution in [0.1, 0.15) is 21.5 Å². The highest BCUT2D eigenvalue weighted by atomic mass is 79.9. The Bertz CT molecular complexity index is 640. The van der Waals surface area contributed by atoms with Crippen LogP contribution in [-0.2, 0) is 6.54 Å². The van der Waals surface area contributed by atoms with E-state index in [1.54, 1.807) is 18.0 Å². The summed E-state index contributed by atoms with van der Waals surface area (Å²) in [6, 6.07) is 13.3. The monoisotopic (exact) mass is 332 g/mol. The number of halogens is 1. The highest BCUT2D eigenvalue weighted by molar-refractivity contribution is 9.10.